The average Bonchev–Trinajstić information content (AvgIpc) is 3.07. The van der Waals surface area contributed by atoms with E-state index in [-0.39, 0.29) is 11.6 Å². The van der Waals surface area contributed by atoms with E-state index < -0.39 is 5.91 Å². The highest BCUT2D eigenvalue weighted by Gasteiger charge is 2.19. The molecule has 0 saturated heterocycles. The Morgan fingerprint density at radius 3 is 2.75 bits per heavy atom. The number of amides is 1. The van der Waals surface area contributed by atoms with Gasteiger partial charge in [-0.05, 0) is 19.4 Å². The lowest BCUT2D eigenvalue weighted by molar-refractivity contribution is 0.102. The summed E-state index contributed by atoms with van der Waals surface area (Å²) in [6.07, 6.45) is 1.57. The molecule has 24 heavy (non-hydrogen) atoms. The number of carbonyl (C=O) groups is 1. The van der Waals surface area contributed by atoms with Gasteiger partial charge < -0.3 is 0 Å². The number of halogens is 1. The summed E-state index contributed by atoms with van der Waals surface area (Å²) in [6.45, 7) is 4.41. The summed E-state index contributed by atoms with van der Waals surface area (Å²) in [4.78, 5) is 16.4. The minimum atomic E-state index is -0.433. The fourth-order valence-corrected chi connectivity index (χ4v) is 2.56. The van der Waals surface area contributed by atoms with Crippen molar-refractivity contribution in [1.29, 1.82) is 0 Å². The standard InChI is InChI=1S/C16H17ClN6O/c1-10-5-4-6-12(7-10)8-23-9-18-16(21-23)19-15(24)14-13(17)11(2)22(3)20-14/h4-7,9H,8H2,1-3H3,(H,19,21,24). The van der Waals surface area contributed by atoms with Crippen molar-refractivity contribution in [3.8, 4) is 0 Å². The van der Waals surface area contributed by atoms with Crippen LogP contribution in [0, 0.1) is 13.8 Å². The zero-order chi connectivity index (χ0) is 17.3. The number of aromatic nitrogens is 5. The van der Waals surface area contributed by atoms with Gasteiger partial charge in [-0.3, -0.25) is 14.8 Å². The van der Waals surface area contributed by atoms with Gasteiger partial charge in [-0.2, -0.15) is 5.10 Å². The Kier molecular flexibility index (Phi) is 4.35. The van der Waals surface area contributed by atoms with Gasteiger partial charge in [-0.1, -0.05) is 41.4 Å². The van der Waals surface area contributed by atoms with Crippen LogP contribution in [0.2, 0.25) is 5.02 Å². The van der Waals surface area contributed by atoms with Crippen LogP contribution < -0.4 is 5.32 Å². The van der Waals surface area contributed by atoms with E-state index in [9.17, 15) is 4.79 Å². The predicted molar refractivity (Wildman–Crippen MR) is 91.2 cm³/mol. The van der Waals surface area contributed by atoms with Crippen molar-refractivity contribution in [3.63, 3.8) is 0 Å². The molecule has 2 heterocycles. The van der Waals surface area contributed by atoms with Crippen molar-refractivity contribution in [3.05, 3.63) is 58.1 Å². The summed E-state index contributed by atoms with van der Waals surface area (Å²) in [6, 6.07) is 8.13. The third kappa shape index (κ3) is 3.30. The normalized spacial score (nSPS) is 10.8. The van der Waals surface area contributed by atoms with Gasteiger partial charge in [-0.25, -0.2) is 9.67 Å². The van der Waals surface area contributed by atoms with Crippen LogP contribution in [-0.4, -0.2) is 30.5 Å². The lowest BCUT2D eigenvalue weighted by atomic mass is 10.1. The van der Waals surface area contributed by atoms with E-state index in [0.29, 0.717) is 11.6 Å². The Morgan fingerprint density at radius 1 is 1.29 bits per heavy atom. The molecule has 3 rings (SSSR count). The van der Waals surface area contributed by atoms with E-state index in [4.69, 9.17) is 11.6 Å². The monoisotopic (exact) mass is 344 g/mol. The predicted octanol–water partition coefficient (Wildman–Crippen LogP) is 2.58. The van der Waals surface area contributed by atoms with E-state index in [2.05, 4.69) is 26.6 Å². The van der Waals surface area contributed by atoms with Gasteiger partial charge in [-0.15, -0.1) is 5.10 Å². The minimum Gasteiger partial charge on any atom is -0.288 e. The lowest BCUT2D eigenvalue weighted by Gasteiger charge is -2.02. The number of anilines is 1. The maximum Gasteiger partial charge on any atom is 0.280 e. The van der Waals surface area contributed by atoms with Gasteiger partial charge >= 0.3 is 0 Å². The van der Waals surface area contributed by atoms with Crippen molar-refractivity contribution < 1.29 is 4.79 Å². The molecule has 0 saturated carbocycles. The van der Waals surface area contributed by atoms with E-state index in [1.165, 1.54) is 5.56 Å². The van der Waals surface area contributed by atoms with E-state index in [1.807, 2.05) is 25.1 Å². The second-order valence-electron chi connectivity index (χ2n) is 5.58. The molecule has 0 atom stereocenters. The van der Waals surface area contributed by atoms with Gasteiger partial charge in [0.2, 0.25) is 5.95 Å². The molecule has 3 aromatic rings. The summed E-state index contributed by atoms with van der Waals surface area (Å²) in [7, 11) is 1.73. The fraction of sp³-hybridized carbons (Fsp3) is 0.250. The minimum absolute atomic E-state index is 0.159. The molecule has 1 amide bonds. The zero-order valence-electron chi connectivity index (χ0n) is 13.6. The smallest absolute Gasteiger partial charge is 0.280 e. The van der Waals surface area contributed by atoms with E-state index in [1.54, 1.807) is 29.7 Å². The van der Waals surface area contributed by atoms with E-state index >= 15 is 0 Å². The van der Waals surface area contributed by atoms with Crippen LogP contribution in [0.1, 0.15) is 27.3 Å². The van der Waals surface area contributed by atoms with Crippen LogP contribution >= 0.6 is 11.6 Å². The van der Waals surface area contributed by atoms with Crippen molar-refractivity contribution >= 4 is 23.5 Å². The van der Waals surface area contributed by atoms with Gasteiger partial charge in [0.05, 0.1) is 17.3 Å². The molecule has 0 bridgehead atoms. The Labute approximate surface area is 144 Å². The molecular formula is C16H17ClN6O. The maximum atomic E-state index is 12.3. The van der Waals surface area contributed by atoms with Crippen molar-refractivity contribution in [1.82, 2.24) is 24.5 Å². The fourth-order valence-electron chi connectivity index (χ4n) is 2.31. The SMILES string of the molecule is Cc1cccc(Cn2cnc(NC(=O)c3nn(C)c(C)c3Cl)n2)c1. The molecule has 2 aromatic heterocycles. The molecule has 1 aromatic carbocycles. The summed E-state index contributed by atoms with van der Waals surface area (Å²) in [5, 5.41) is 11.3. The summed E-state index contributed by atoms with van der Waals surface area (Å²) >= 11 is 6.11. The number of rotatable bonds is 4. The number of nitrogens with one attached hydrogen (secondary N) is 1. The largest absolute Gasteiger partial charge is 0.288 e. The van der Waals surface area contributed by atoms with Crippen LogP contribution in [-0.2, 0) is 13.6 Å². The first-order valence-corrected chi connectivity index (χ1v) is 7.77. The number of nitrogens with zero attached hydrogens (tertiary/aromatic N) is 5. The molecule has 0 aliphatic heterocycles. The topological polar surface area (TPSA) is 77.6 Å². The molecule has 1 N–H and O–H groups in total. The number of hydrogen-bond acceptors (Lipinski definition) is 4. The summed E-state index contributed by atoms with van der Waals surface area (Å²) in [5.41, 5.74) is 3.17. The van der Waals surface area contributed by atoms with Gasteiger partial charge in [0.1, 0.15) is 6.33 Å². The number of hydrogen-bond donors (Lipinski definition) is 1. The molecule has 0 radical (unpaired) electrons. The molecule has 0 aliphatic carbocycles. The van der Waals surface area contributed by atoms with Gasteiger partial charge in [0, 0.05) is 7.05 Å². The highest BCUT2D eigenvalue weighted by molar-refractivity contribution is 6.34. The van der Waals surface area contributed by atoms with Crippen LogP contribution in [0.4, 0.5) is 5.95 Å². The third-order valence-corrected chi connectivity index (χ3v) is 4.12. The highest BCUT2D eigenvalue weighted by Crippen LogP contribution is 2.19. The lowest BCUT2D eigenvalue weighted by Crippen LogP contribution is -2.15. The molecular weight excluding hydrogens is 328 g/mol. The van der Waals surface area contributed by atoms with Gasteiger partial charge in [0.25, 0.3) is 5.91 Å². The quantitative estimate of drug-likeness (QED) is 0.789. The molecule has 0 aliphatic rings. The Morgan fingerprint density at radius 2 is 2.08 bits per heavy atom. The summed E-state index contributed by atoms with van der Waals surface area (Å²) < 4.78 is 3.22. The molecule has 0 spiro atoms. The first-order chi connectivity index (χ1) is 11.4. The molecule has 7 nitrogen and oxygen atoms in total. The molecule has 124 valence electrons. The molecule has 8 heteroatoms. The first kappa shape index (κ1) is 16.2. The van der Waals surface area contributed by atoms with Crippen LogP contribution in [0.15, 0.2) is 30.6 Å². The second kappa shape index (κ2) is 6.45. The Balaban J connectivity index is 1.71. The van der Waals surface area contributed by atoms with Crippen molar-refractivity contribution in [2.24, 2.45) is 7.05 Å². The number of aryl methyl sites for hydroxylation is 2. The van der Waals surface area contributed by atoms with Crippen LogP contribution in [0.3, 0.4) is 0 Å². The second-order valence-corrected chi connectivity index (χ2v) is 5.96. The number of carbonyl (C=O) groups excluding carboxylic acids is 1. The summed E-state index contributed by atoms with van der Waals surface area (Å²) in [5.74, 6) is -0.218. The van der Waals surface area contributed by atoms with E-state index in [0.717, 1.165) is 11.3 Å². The molecule has 0 fully saturated rings. The Bertz CT molecular complexity index is 898. The maximum absolute atomic E-state index is 12.3. The number of benzene rings is 1. The highest BCUT2D eigenvalue weighted by atomic mass is 35.5. The van der Waals surface area contributed by atoms with Crippen LogP contribution in [0.25, 0.3) is 0 Å². The van der Waals surface area contributed by atoms with Gasteiger partial charge in [0.15, 0.2) is 5.69 Å². The van der Waals surface area contributed by atoms with Crippen molar-refractivity contribution in [2.75, 3.05) is 5.32 Å². The van der Waals surface area contributed by atoms with Crippen LogP contribution in [0.5, 0.6) is 0 Å². The van der Waals surface area contributed by atoms with Crippen molar-refractivity contribution in [2.45, 2.75) is 20.4 Å². The molecule has 0 unspecified atom stereocenters. The zero-order valence-corrected chi connectivity index (χ0v) is 14.4. The Hall–Kier alpha value is -2.67. The first-order valence-electron chi connectivity index (χ1n) is 7.39. The third-order valence-electron chi connectivity index (χ3n) is 3.66. The average molecular weight is 345 g/mol.